The van der Waals surface area contributed by atoms with E-state index in [4.69, 9.17) is 9.84 Å². The minimum Gasteiger partial charge on any atom is -0.504 e. The number of carbonyl (C=O) groups is 1. The monoisotopic (exact) mass is 406 g/mol. The topological polar surface area (TPSA) is 66.8 Å². The Labute approximate surface area is 178 Å². The van der Waals surface area contributed by atoms with E-state index in [1.807, 2.05) is 18.2 Å². The molecule has 2 aromatic carbocycles. The first kappa shape index (κ1) is 23.0. The van der Waals surface area contributed by atoms with E-state index < -0.39 is 5.97 Å². The van der Waals surface area contributed by atoms with Crippen LogP contribution in [0, 0.1) is 0 Å². The van der Waals surface area contributed by atoms with Gasteiger partial charge in [-0.05, 0) is 75.4 Å². The SMILES string of the molecule is COc1cc(C=Cc2ccc(C(=O)O)cc2)cc(CC=C(C)CCC=C(C)C)c1O. The maximum Gasteiger partial charge on any atom is 0.335 e. The second-order valence-electron chi connectivity index (χ2n) is 7.57. The van der Waals surface area contributed by atoms with Gasteiger partial charge in [-0.2, -0.15) is 0 Å². The van der Waals surface area contributed by atoms with Crippen LogP contribution in [0.1, 0.15) is 60.7 Å². The fourth-order valence-electron chi connectivity index (χ4n) is 3.00. The molecule has 2 N–H and O–H groups in total. The van der Waals surface area contributed by atoms with Gasteiger partial charge in [0.05, 0.1) is 12.7 Å². The largest absolute Gasteiger partial charge is 0.504 e. The van der Waals surface area contributed by atoms with Crippen LogP contribution in [0.4, 0.5) is 0 Å². The summed E-state index contributed by atoms with van der Waals surface area (Å²) in [6, 6.07) is 10.4. The third-order valence-corrected chi connectivity index (χ3v) is 4.78. The van der Waals surface area contributed by atoms with Crippen LogP contribution in [0.25, 0.3) is 12.2 Å². The van der Waals surface area contributed by atoms with Crippen molar-refractivity contribution in [3.8, 4) is 11.5 Å². The highest BCUT2D eigenvalue weighted by molar-refractivity contribution is 5.88. The van der Waals surface area contributed by atoms with Gasteiger partial charge in [0.25, 0.3) is 0 Å². The van der Waals surface area contributed by atoms with Crippen LogP contribution in [0.5, 0.6) is 11.5 Å². The summed E-state index contributed by atoms with van der Waals surface area (Å²) in [6.45, 7) is 6.31. The van der Waals surface area contributed by atoms with Gasteiger partial charge in [0.15, 0.2) is 11.5 Å². The lowest BCUT2D eigenvalue weighted by molar-refractivity contribution is 0.0697. The van der Waals surface area contributed by atoms with Crippen molar-refractivity contribution in [3.63, 3.8) is 0 Å². The average Bonchev–Trinajstić information content (AvgIpc) is 2.72. The van der Waals surface area contributed by atoms with Gasteiger partial charge in [-0.15, -0.1) is 0 Å². The Kier molecular flexibility index (Phi) is 8.48. The zero-order valence-corrected chi connectivity index (χ0v) is 18.1. The number of hydrogen-bond donors (Lipinski definition) is 2. The Balaban J connectivity index is 2.19. The Hall–Kier alpha value is -3.27. The molecule has 0 aliphatic carbocycles. The summed E-state index contributed by atoms with van der Waals surface area (Å²) in [6.07, 6.45) is 10.8. The van der Waals surface area contributed by atoms with E-state index >= 15 is 0 Å². The number of phenols is 1. The molecule has 0 saturated heterocycles. The van der Waals surface area contributed by atoms with E-state index in [0.29, 0.717) is 12.2 Å². The molecule has 30 heavy (non-hydrogen) atoms. The molecule has 158 valence electrons. The molecule has 0 radical (unpaired) electrons. The third-order valence-electron chi connectivity index (χ3n) is 4.78. The smallest absolute Gasteiger partial charge is 0.335 e. The lowest BCUT2D eigenvalue weighted by Gasteiger charge is -2.10. The molecular formula is C26H30O4. The van der Waals surface area contributed by atoms with E-state index in [1.165, 1.54) is 18.3 Å². The number of benzene rings is 2. The van der Waals surface area contributed by atoms with E-state index in [-0.39, 0.29) is 11.3 Å². The maximum absolute atomic E-state index is 11.0. The molecule has 4 heteroatoms. The van der Waals surface area contributed by atoms with Crippen LogP contribution >= 0.6 is 0 Å². The number of allylic oxidation sites excluding steroid dienone is 4. The van der Waals surface area contributed by atoms with Gasteiger partial charge < -0.3 is 14.9 Å². The van der Waals surface area contributed by atoms with Crippen molar-refractivity contribution in [2.75, 3.05) is 7.11 Å². The molecule has 0 bridgehead atoms. The molecule has 0 aliphatic heterocycles. The summed E-state index contributed by atoms with van der Waals surface area (Å²) in [5.41, 5.74) is 5.46. The van der Waals surface area contributed by atoms with E-state index in [9.17, 15) is 9.90 Å². The molecule has 0 amide bonds. The Morgan fingerprint density at radius 3 is 2.27 bits per heavy atom. The van der Waals surface area contributed by atoms with Crippen molar-refractivity contribution < 1.29 is 19.7 Å². The number of rotatable bonds is 9. The summed E-state index contributed by atoms with van der Waals surface area (Å²) >= 11 is 0. The summed E-state index contributed by atoms with van der Waals surface area (Å²) < 4.78 is 5.34. The number of phenolic OH excluding ortho intramolecular Hbond substituents is 1. The van der Waals surface area contributed by atoms with Crippen molar-refractivity contribution >= 4 is 18.1 Å². The fourth-order valence-corrected chi connectivity index (χ4v) is 3.00. The fraction of sp³-hybridized carbons (Fsp3) is 0.269. The van der Waals surface area contributed by atoms with Gasteiger partial charge in [0.2, 0.25) is 0 Å². The number of carboxylic acid groups (broad SMARTS) is 1. The quantitative estimate of drug-likeness (QED) is 0.368. The zero-order valence-electron chi connectivity index (χ0n) is 18.1. The molecule has 0 heterocycles. The summed E-state index contributed by atoms with van der Waals surface area (Å²) in [5, 5.41) is 19.5. The zero-order chi connectivity index (χ0) is 22.1. The minimum absolute atomic E-state index is 0.161. The van der Waals surface area contributed by atoms with Crippen LogP contribution < -0.4 is 4.74 Å². The molecule has 0 atom stereocenters. The minimum atomic E-state index is -0.942. The number of ether oxygens (including phenoxy) is 1. The summed E-state index contributed by atoms with van der Waals surface area (Å²) in [4.78, 5) is 11.0. The van der Waals surface area contributed by atoms with Crippen molar-refractivity contribution in [2.45, 2.75) is 40.0 Å². The molecule has 0 aliphatic rings. The second kappa shape index (κ2) is 11.1. The van der Waals surface area contributed by atoms with Gasteiger partial charge in [-0.3, -0.25) is 0 Å². The number of aromatic hydroxyl groups is 1. The first-order valence-corrected chi connectivity index (χ1v) is 10.0. The Morgan fingerprint density at radius 1 is 1.00 bits per heavy atom. The summed E-state index contributed by atoms with van der Waals surface area (Å²) in [5.74, 6) is -0.347. The summed E-state index contributed by atoms with van der Waals surface area (Å²) in [7, 11) is 1.54. The predicted octanol–water partition coefficient (Wildman–Crippen LogP) is 6.50. The third kappa shape index (κ3) is 6.96. The number of aromatic carboxylic acids is 1. The van der Waals surface area contributed by atoms with Crippen molar-refractivity contribution in [1.82, 2.24) is 0 Å². The lowest BCUT2D eigenvalue weighted by atomic mass is 10.0. The van der Waals surface area contributed by atoms with Crippen LogP contribution in [-0.4, -0.2) is 23.3 Å². The molecule has 2 rings (SSSR count). The van der Waals surface area contributed by atoms with Crippen molar-refractivity contribution in [1.29, 1.82) is 0 Å². The van der Waals surface area contributed by atoms with Gasteiger partial charge in [0, 0.05) is 5.56 Å². The van der Waals surface area contributed by atoms with Gasteiger partial charge >= 0.3 is 5.97 Å². The Morgan fingerprint density at radius 2 is 1.67 bits per heavy atom. The molecule has 2 aromatic rings. The molecule has 0 spiro atoms. The van der Waals surface area contributed by atoms with Crippen LogP contribution in [0.2, 0.25) is 0 Å². The molecule has 0 aromatic heterocycles. The lowest BCUT2D eigenvalue weighted by Crippen LogP contribution is -1.94. The number of methoxy groups -OCH3 is 1. The van der Waals surface area contributed by atoms with Gasteiger partial charge in [0.1, 0.15) is 0 Å². The molecule has 0 unspecified atom stereocenters. The highest BCUT2D eigenvalue weighted by atomic mass is 16.5. The van der Waals surface area contributed by atoms with Crippen molar-refractivity contribution in [2.24, 2.45) is 0 Å². The van der Waals surface area contributed by atoms with Crippen LogP contribution in [0.15, 0.2) is 59.7 Å². The van der Waals surface area contributed by atoms with Gasteiger partial charge in [-0.1, -0.05) is 47.6 Å². The number of carboxylic acids is 1. The first-order valence-electron chi connectivity index (χ1n) is 10.0. The predicted molar refractivity (Wildman–Crippen MR) is 123 cm³/mol. The second-order valence-corrected chi connectivity index (χ2v) is 7.57. The highest BCUT2D eigenvalue weighted by Gasteiger charge is 2.09. The van der Waals surface area contributed by atoms with E-state index in [1.54, 1.807) is 30.3 Å². The maximum atomic E-state index is 11.0. The van der Waals surface area contributed by atoms with Gasteiger partial charge in [-0.25, -0.2) is 4.79 Å². The normalized spacial score (nSPS) is 11.5. The van der Waals surface area contributed by atoms with E-state index in [0.717, 1.165) is 29.5 Å². The first-order chi connectivity index (χ1) is 14.3. The number of hydrogen-bond acceptors (Lipinski definition) is 3. The average molecular weight is 407 g/mol. The molecule has 4 nitrogen and oxygen atoms in total. The Bertz CT molecular complexity index is 959. The van der Waals surface area contributed by atoms with E-state index in [2.05, 4.69) is 32.9 Å². The molecular weight excluding hydrogens is 376 g/mol. The van der Waals surface area contributed by atoms with Crippen LogP contribution in [-0.2, 0) is 6.42 Å². The highest BCUT2D eigenvalue weighted by Crippen LogP contribution is 2.33. The van der Waals surface area contributed by atoms with Crippen molar-refractivity contribution in [3.05, 3.63) is 82.0 Å². The van der Waals surface area contributed by atoms with Crippen LogP contribution in [0.3, 0.4) is 0 Å². The molecule has 0 saturated carbocycles. The standard InChI is InChI=1S/C26H30O4/c1-18(2)6-5-7-19(3)8-13-23-16-21(17-24(30-4)25(23)27)10-9-20-11-14-22(15-12-20)26(28)29/h6,8-12,14-17,27H,5,7,13H2,1-4H3,(H,28,29). The molecule has 0 fully saturated rings.